The highest BCUT2D eigenvalue weighted by molar-refractivity contribution is 6.04. The number of benzene rings is 6. The van der Waals surface area contributed by atoms with Crippen molar-refractivity contribution in [2.24, 2.45) is 0 Å². The van der Waals surface area contributed by atoms with E-state index in [2.05, 4.69) is 154 Å². The van der Waals surface area contributed by atoms with Crippen molar-refractivity contribution < 1.29 is 0 Å². The van der Waals surface area contributed by atoms with E-state index in [0.29, 0.717) is 0 Å². The quantitative estimate of drug-likeness (QED) is 0.241. The SMILES string of the molecule is CC1(C)c2ccccc2-c2cc(Nc3ccc4ccccc4c3-c3ccc4c(c3)C(C)(C)c3ccccc3-4)ccc21. The Balaban J connectivity index is 1.28. The molecule has 2 aliphatic carbocycles. The van der Waals surface area contributed by atoms with Gasteiger partial charge in [-0.05, 0) is 85.1 Å². The minimum absolute atomic E-state index is 0.00731. The Morgan fingerprint density at radius 2 is 1.07 bits per heavy atom. The standard InChI is InChI=1S/C40H33N/c1-39(2)34-16-10-8-14-30(34)32-24-27(19-21-35(32)39)41-37-22-18-25-11-5-6-12-28(25)38(37)26-17-20-31-29-13-7-9-15-33(29)40(3,4)36(31)23-26/h5-24,41H,1-4H3. The van der Waals surface area contributed by atoms with E-state index in [1.165, 1.54) is 66.4 Å². The van der Waals surface area contributed by atoms with Crippen LogP contribution in [0.15, 0.2) is 121 Å². The molecule has 0 saturated carbocycles. The van der Waals surface area contributed by atoms with E-state index in [4.69, 9.17) is 0 Å². The molecule has 1 nitrogen and oxygen atoms in total. The van der Waals surface area contributed by atoms with Crippen LogP contribution in [-0.4, -0.2) is 0 Å². The van der Waals surface area contributed by atoms with Gasteiger partial charge in [0.2, 0.25) is 0 Å². The van der Waals surface area contributed by atoms with Crippen LogP contribution in [0.5, 0.6) is 0 Å². The van der Waals surface area contributed by atoms with E-state index in [1.54, 1.807) is 0 Å². The van der Waals surface area contributed by atoms with E-state index in [1.807, 2.05) is 0 Å². The fourth-order valence-corrected chi connectivity index (χ4v) is 7.50. The molecular formula is C40H33N. The topological polar surface area (TPSA) is 12.0 Å². The average Bonchev–Trinajstić information content (AvgIpc) is 3.36. The van der Waals surface area contributed by atoms with Crippen molar-refractivity contribution in [3.05, 3.63) is 144 Å². The summed E-state index contributed by atoms with van der Waals surface area (Å²) in [6, 6.07) is 44.9. The third kappa shape index (κ3) is 3.42. The Morgan fingerprint density at radius 3 is 1.85 bits per heavy atom. The van der Waals surface area contributed by atoms with Crippen LogP contribution in [0, 0.1) is 0 Å². The fraction of sp³-hybridized carbons (Fsp3) is 0.150. The molecule has 1 N–H and O–H groups in total. The molecule has 0 heterocycles. The Labute approximate surface area is 242 Å². The zero-order valence-electron chi connectivity index (χ0n) is 24.0. The third-order valence-electron chi connectivity index (χ3n) is 9.66. The van der Waals surface area contributed by atoms with E-state index in [-0.39, 0.29) is 10.8 Å². The molecule has 0 fully saturated rings. The lowest BCUT2D eigenvalue weighted by Gasteiger charge is -2.23. The predicted octanol–water partition coefficient (Wildman–Crippen LogP) is 10.9. The second-order valence-electron chi connectivity index (χ2n) is 12.7. The van der Waals surface area contributed by atoms with E-state index in [9.17, 15) is 0 Å². The molecule has 1 heteroatoms. The van der Waals surface area contributed by atoms with Gasteiger partial charge in [-0.25, -0.2) is 0 Å². The van der Waals surface area contributed by atoms with E-state index >= 15 is 0 Å². The van der Waals surface area contributed by atoms with Crippen LogP contribution in [0.4, 0.5) is 11.4 Å². The maximum absolute atomic E-state index is 3.86. The number of fused-ring (bicyclic) bond motifs is 7. The van der Waals surface area contributed by atoms with Crippen LogP contribution >= 0.6 is 0 Å². The lowest BCUT2D eigenvalue weighted by Crippen LogP contribution is -2.15. The van der Waals surface area contributed by atoms with Crippen molar-refractivity contribution in [2.75, 3.05) is 5.32 Å². The number of hydrogen-bond acceptors (Lipinski definition) is 1. The largest absolute Gasteiger partial charge is 0.355 e. The van der Waals surface area contributed by atoms with Crippen LogP contribution < -0.4 is 5.32 Å². The first kappa shape index (κ1) is 24.2. The Morgan fingerprint density at radius 1 is 0.463 bits per heavy atom. The number of anilines is 2. The van der Waals surface area contributed by atoms with Gasteiger partial charge in [-0.3, -0.25) is 0 Å². The first-order valence-electron chi connectivity index (χ1n) is 14.6. The molecule has 0 aromatic heterocycles. The predicted molar refractivity (Wildman–Crippen MR) is 174 cm³/mol. The average molecular weight is 528 g/mol. The van der Waals surface area contributed by atoms with Gasteiger partial charge in [0.1, 0.15) is 0 Å². The molecule has 41 heavy (non-hydrogen) atoms. The highest BCUT2D eigenvalue weighted by Crippen LogP contribution is 2.52. The minimum Gasteiger partial charge on any atom is -0.355 e. The summed E-state index contributed by atoms with van der Waals surface area (Å²) >= 11 is 0. The highest BCUT2D eigenvalue weighted by Gasteiger charge is 2.36. The summed E-state index contributed by atoms with van der Waals surface area (Å²) in [5.41, 5.74) is 15.7. The second-order valence-corrected chi connectivity index (χ2v) is 12.7. The lowest BCUT2D eigenvalue weighted by molar-refractivity contribution is 0.660. The second kappa shape index (κ2) is 8.44. The molecule has 8 rings (SSSR count). The van der Waals surface area contributed by atoms with E-state index in [0.717, 1.165) is 11.4 Å². The fourth-order valence-electron chi connectivity index (χ4n) is 7.50. The van der Waals surface area contributed by atoms with E-state index < -0.39 is 0 Å². The first-order chi connectivity index (χ1) is 19.8. The maximum atomic E-state index is 3.86. The summed E-state index contributed by atoms with van der Waals surface area (Å²) in [5, 5.41) is 6.37. The third-order valence-corrected chi connectivity index (χ3v) is 9.66. The normalized spacial score (nSPS) is 15.2. The monoisotopic (exact) mass is 527 g/mol. The number of hydrogen-bond donors (Lipinski definition) is 1. The smallest absolute Gasteiger partial charge is 0.0470 e. The molecule has 2 aliphatic rings. The summed E-state index contributed by atoms with van der Waals surface area (Å²) in [4.78, 5) is 0. The molecule has 0 radical (unpaired) electrons. The van der Waals surface area contributed by atoms with Crippen LogP contribution in [0.2, 0.25) is 0 Å². The summed E-state index contributed by atoms with van der Waals surface area (Å²) in [5.74, 6) is 0. The molecule has 6 aromatic rings. The summed E-state index contributed by atoms with van der Waals surface area (Å²) in [6.45, 7) is 9.38. The molecule has 0 bridgehead atoms. The van der Waals surface area contributed by atoms with Gasteiger partial charge in [-0.1, -0.05) is 125 Å². The minimum atomic E-state index is -0.0414. The van der Waals surface area contributed by atoms with Crippen LogP contribution in [-0.2, 0) is 10.8 Å². The van der Waals surface area contributed by atoms with Gasteiger partial charge in [0.15, 0.2) is 0 Å². The van der Waals surface area contributed by atoms with Crippen molar-refractivity contribution >= 4 is 22.1 Å². The van der Waals surface area contributed by atoms with Gasteiger partial charge < -0.3 is 5.32 Å². The van der Waals surface area contributed by atoms with Crippen molar-refractivity contribution in [3.8, 4) is 33.4 Å². The zero-order valence-corrected chi connectivity index (χ0v) is 24.0. The number of nitrogens with one attached hydrogen (secondary N) is 1. The molecule has 198 valence electrons. The Kier molecular flexibility index (Phi) is 4.98. The Bertz CT molecular complexity index is 2020. The van der Waals surface area contributed by atoms with Crippen LogP contribution in [0.1, 0.15) is 49.9 Å². The molecule has 0 saturated heterocycles. The van der Waals surface area contributed by atoms with Gasteiger partial charge in [-0.15, -0.1) is 0 Å². The summed E-state index contributed by atoms with van der Waals surface area (Å²) < 4.78 is 0. The van der Waals surface area contributed by atoms with Crippen molar-refractivity contribution in [1.82, 2.24) is 0 Å². The maximum Gasteiger partial charge on any atom is 0.0470 e. The molecule has 0 unspecified atom stereocenters. The van der Waals surface area contributed by atoms with Gasteiger partial charge in [0.25, 0.3) is 0 Å². The molecule has 0 spiro atoms. The van der Waals surface area contributed by atoms with Crippen LogP contribution in [0.25, 0.3) is 44.2 Å². The highest BCUT2D eigenvalue weighted by atomic mass is 14.9. The Hall–Kier alpha value is -4.62. The summed E-state index contributed by atoms with van der Waals surface area (Å²) in [7, 11) is 0. The summed E-state index contributed by atoms with van der Waals surface area (Å²) in [6.07, 6.45) is 0. The number of rotatable bonds is 3. The van der Waals surface area contributed by atoms with Gasteiger partial charge in [0.05, 0.1) is 0 Å². The van der Waals surface area contributed by atoms with Gasteiger partial charge >= 0.3 is 0 Å². The molecular weight excluding hydrogens is 494 g/mol. The molecule has 6 aromatic carbocycles. The lowest BCUT2D eigenvalue weighted by atomic mass is 9.81. The molecule has 0 aliphatic heterocycles. The molecule has 0 amide bonds. The molecule has 0 atom stereocenters. The van der Waals surface area contributed by atoms with Crippen molar-refractivity contribution in [2.45, 2.75) is 38.5 Å². The first-order valence-corrected chi connectivity index (χ1v) is 14.6. The van der Waals surface area contributed by atoms with Gasteiger partial charge in [-0.2, -0.15) is 0 Å². The van der Waals surface area contributed by atoms with Crippen molar-refractivity contribution in [1.29, 1.82) is 0 Å². The van der Waals surface area contributed by atoms with Crippen molar-refractivity contribution in [3.63, 3.8) is 0 Å². The zero-order chi connectivity index (χ0) is 27.9. The van der Waals surface area contributed by atoms with Crippen LogP contribution in [0.3, 0.4) is 0 Å². The van der Waals surface area contributed by atoms with Gasteiger partial charge in [0, 0.05) is 27.8 Å².